The lowest BCUT2D eigenvalue weighted by Crippen LogP contribution is -2.41. The van der Waals surface area contributed by atoms with Gasteiger partial charge in [0.25, 0.3) is 0 Å². The summed E-state index contributed by atoms with van der Waals surface area (Å²) in [5, 5.41) is 0. The number of amides is 1. The molecule has 0 unspecified atom stereocenters. The van der Waals surface area contributed by atoms with Crippen LogP contribution in [0, 0.1) is 0 Å². The lowest BCUT2D eigenvalue weighted by Gasteiger charge is -2.26. The van der Waals surface area contributed by atoms with Crippen molar-refractivity contribution in [1.29, 1.82) is 0 Å². The van der Waals surface area contributed by atoms with Crippen molar-refractivity contribution in [2.24, 2.45) is 0 Å². The molecule has 2 aromatic rings. The molecule has 142 valence electrons. The van der Waals surface area contributed by atoms with Gasteiger partial charge in [0.05, 0.1) is 12.4 Å². The number of hydrogen-bond donors (Lipinski definition) is 0. The Balaban J connectivity index is 1.47. The molecule has 0 bridgehead atoms. The van der Waals surface area contributed by atoms with Crippen LogP contribution in [0.2, 0.25) is 0 Å². The van der Waals surface area contributed by atoms with Gasteiger partial charge in [0.15, 0.2) is 0 Å². The molecule has 1 atom stereocenters. The van der Waals surface area contributed by atoms with Crippen LogP contribution in [0.15, 0.2) is 53.4 Å². The zero-order valence-corrected chi connectivity index (χ0v) is 16.6. The third-order valence-corrected chi connectivity index (χ3v) is 6.34. The zero-order chi connectivity index (χ0) is 18.6. The van der Waals surface area contributed by atoms with E-state index in [0.717, 1.165) is 36.0 Å². The van der Waals surface area contributed by atoms with Gasteiger partial charge >= 0.3 is 0 Å². The fraction of sp³-hybridized carbons (Fsp3) is 0.409. The third-order valence-electron chi connectivity index (χ3n) is 5.35. The molecule has 2 heterocycles. The minimum atomic E-state index is 0.190. The summed E-state index contributed by atoms with van der Waals surface area (Å²) in [7, 11) is 0. The van der Waals surface area contributed by atoms with Gasteiger partial charge < -0.3 is 9.64 Å². The number of thioether (sulfide) groups is 1. The van der Waals surface area contributed by atoms with Crippen LogP contribution in [-0.2, 0) is 11.3 Å². The molecule has 4 rings (SSSR count). The molecular weight excluding hydrogens is 356 g/mol. The minimum absolute atomic E-state index is 0.190. The van der Waals surface area contributed by atoms with E-state index >= 15 is 0 Å². The van der Waals surface area contributed by atoms with Gasteiger partial charge in [-0.1, -0.05) is 18.2 Å². The molecule has 1 amide bonds. The number of carbonyl (C=O) groups is 1. The van der Waals surface area contributed by atoms with Crippen molar-refractivity contribution in [3.8, 4) is 5.75 Å². The Morgan fingerprint density at radius 2 is 2.00 bits per heavy atom. The molecule has 2 aliphatic rings. The van der Waals surface area contributed by atoms with E-state index in [1.54, 1.807) is 11.8 Å². The number of hydrogen-bond acceptors (Lipinski definition) is 4. The van der Waals surface area contributed by atoms with Crippen molar-refractivity contribution in [2.45, 2.75) is 37.2 Å². The molecule has 27 heavy (non-hydrogen) atoms. The second-order valence-electron chi connectivity index (χ2n) is 7.09. The molecule has 0 radical (unpaired) electrons. The highest BCUT2D eigenvalue weighted by Gasteiger charge is 2.33. The maximum atomic E-state index is 13.1. The SMILES string of the molecule is CCOc1ccc(SCC(=O)N2C[C@@H]3CCCN3Cc3ccccc32)cc1. The standard InChI is InChI=1S/C22H26N2O2S/c1-2-26-19-9-11-20(12-10-19)27-16-22(25)24-15-18-7-5-13-23(18)14-17-6-3-4-8-21(17)24/h3-4,6,8-12,18H,2,5,7,13-16H2,1H3/t18-/m0/s1. The van der Waals surface area contributed by atoms with E-state index in [1.807, 2.05) is 42.2 Å². The normalized spacial score (nSPS) is 19.3. The number of fused-ring (bicyclic) bond motifs is 2. The maximum Gasteiger partial charge on any atom is 0.237 e. The Hall–Kier alpha value is -1.98. The Bertz CT molecular complexity index is 793. The van der Waals surface area contributed by atoms with Crippen LogP contribution in [0.25, 0.3) is 0 Å². The van der Waals surface area contributed by atoms with E-state index in [-0.39, 0.29) is 5.91 Å². The van der Waals surface area contributed by atoms with Crippen molar-refractivity contribution in [2.75, 3.05) is 30.3 Å². The summed E-state index contributed by atoms with van der Waals surface area (Å²) in [4.78, 5) is 18.8. The molecule has 0 saturated carbocycles. The predicted molar refractivity (Wildman–Crippen MR) is 111 cm³/mol. The lowest BCUT2D eigenvalue weighted by molar-refractivity contribution is -0.116. The number of carbonyl (C=O) groups excluding carboxylic acids is 1. The highest BCUT2D eigenvalue weighted by molar-refractivity contribution is 8.00. The fourth-order valence-electron chi connectivity index (χ4n) is 4.00. The molecule has 4 nitrogen and oxygen atoms in total. The quantitative estimate of drug-likeness (QED) is 0.726. The van der Waals surface area contributed by atoms with Crippen molar-refractivity contribution in [3.05, 3.63) is 54.1 Å². The first-order chi connectivity index (χ1) is 13.2. The molecule has 0 spiro atoms. The lowest BCUT2D eigenvalue weighted by atomic mass is 10.1. The Kier molecular flexibility index (Phi) is 5.69. The van der Waals surface area contributed by atoms with Crippen LogP contribution in [0.4, 0.5) is 5.69 Å². The molecule has 0 aliphatic carbocycles. The van der Waals surface area contributed by atoms with Gasteiger partial charge in [0.2, 0.25) is 5.91 Å². The molecule has 2 aliphatic heterocycles. The van der Waals surface area contributed by atoms with Gasteiger partial charge in [-0.15, -0.1) is 11.8 Å². The summed E-state index contributed by atoms with van der Waals surface area (Å²) in [5.41, 5.74) is 2.35. The van der Waals surface area contributed by atoms with Crippen molar-refractivity contribution < 1.29 is 9.53 Å². The molecule has 1 fully saturated rings. The van der Waals surface area contributed by atoms with Crippen molar-refractivity contribution in [1.82, 2.24) is 4.90 Å². The molecule has 5 heteroatoms. The highest BCUT2D eigenvalue weighted by Crippen LogP contribution is 2.32. The van der Waals surface area contributed by atoms with Gasteiger partial charge in [0.1, 0.15) is 5.75 Å². The van der Waals surface area contributed by atoms with Gasteiger partial charge in [-0.25, -0.2) is 0 Å². The summed E-state index contributed by atoms with van der Waals surface area (Å²) < 4.78 is 5.49. The number of benzene rings is 2. The number of anilines is 1. The summed E-state index contributed by atoms with van der Waals surface area (Å²) in [6.07, 6.45) is 2.42. The van der Waals surface area contributed by atoms with Crippen LogP contribution in [-0.4, -0.2) is 42.3 Å². The minimum Gasteiger partial charge on any atom is -0.494 e. The number of nitrogens with zero attached hydrogens (tertiary/aromatic N) is 2. The summed E-state index contributed by atoms with van der Waals surface area (Å²) in [6.45, 7) is 5.54. The first-order valence-corrected chi connectivity index (χ1v) is 10.7. The first kappa shape index (κ1) is 18.4. The average Bonchev–Trinajstić information content (AvgIpc) is 3.06. The summed E-state index contributed by atoms with van der Waals surface area (Å²) >= 11 is 1.60. The molecule has 2 aromatic carbocycles. The highest BCUT2D eigenvalue weighted by atomic mass is 32.2. The fourth-order valence-corrected chi connectivity index (χ4v) is 4.78. The largest absolute Gasteiger partial charge is 0.494 e. The van der Waals surface area contributed by atoms with Crippen LogP contribution >= 0.6 is 11.8 Å². The summed E-state index contributed by atoms with van der Waals surface area (Å²) in [6, 6.07) is 16.8. The molecular formula is C22H26N2O2S. The second kappa shape index (κ2) is 8.36. The van der Waals surface area contributed by atoms with Crippen LogP contribution in [0.3, 0.4) is 0 Å². The number of para-hydroxylation sites is 1. The molecule has 0 N–H and O–H groups in total. The smallest absolute Gasteiger partial charge is 0.237 e. The van der Waals surface area contributed by atoms with E-state index in [0.29, 0.717) is 18.4 Å². The maximum absolute atomic E-state index is 13.1. The molecule has 1 saturated heterocycles. The average molecular weight is 383 g/mol. The van der Waals surface area contributed by atoms with Gasteiger partial charge in [-0.2, -0.15) is 0 Å². The van der Waals surface area contributed by atoms with E-state index < -0.39 is 0 Å². The third kappa shape index (κ3) is 4.14. The van der Waals surface area contributed by atoms with E-state index in [1.165, 1.54) is 18.4 Å². The van der Waals surface area contributed by atoms with E-state index in [4.69, 9.17) is 4.74 Å². The van der Waals surface area contributed by atoms with Crippen molar-refractivity contribution >= 4 is 23.4 Å². The zero-order valence-electron chi connectivity index (χ0n) is 15.8. The van der Waals surface area contributed by atoms with Crippen LogP contribution in [0.1, 0.15) is 25.3 Å². The Morgan fingerprint density at radius 3 is 2.81 bits per heavy atom. The monoisotopic (exact) mass is 382 g/mol. The van der Waals surface area contributed by atoms with Gasteiger partial charge in [-0.05, 0) is 62.2 Å². The van der Waals surface area contributed by atoms with E-state index in [9.17, 15) is 4.79 Å². The topological polar surface area (TPSA) is 32.8 Å². The van der Waals surface area contributed by atoms with Crippen LogP contribution in [0.5, 0.6) is 5.75 Å². The molecule has 0 aromatic heterocycles. The predicted octanol–water partition coefficient (Wildman–Crippen LogP) is 4.19. The Morgan fingerprint density at radius 1 is 1.19 bits per heavy atom. The second-order valence-corrected chi connectivity index (χ2v) is 8.14. The first-order valence-electron chi connectivity index (χ1n) is 9.72. The van der Waals surface area contributed by atoms with Gasteiger partial charge in [-0.3, -0.25) is 9.69 Å². The van der Waals surface area contributed by atoms with Gasteiger partial charge in [0, 0.05) is 29.7 Å². The van der Waals surface area contributed by atoms with E-state index in [2.05, 4.69) is 23.1 Å². The Labute approximate surface area is 165 Å². The number of rotatable bonds is 5. The van der Waals surface area contributed by atoms with Crippen molar-refractivity contribution in [3.63, 3.8) is 0 Å². The summed E-state index contributed by atoms with van der Waals surface area (Å²) in [5.74, 6) is 1.51. The number of ether oxygens (including phenoxy) is 1. The van der Waals surface area contributed by atoms with Crippen LogP contribution < -0.4 is 9.64 Å².